The van der Waals surface area contributed by atoms with Crippen molar-refractivity contribution in [2.45, 2.75) is 57.8 Å². The Morgan fingerprint density at radius 2 is 2.21 bits per heavy atom. The molecule has 0 aliphatic carbocycles. The molecule has 2 amide bonds. The number of likely N-dealkylation sites (tertiary alicyclic amines) is 1. The third-order valence-corrected chi connectivity index (χ3v) is 3.96. The molecule has 2 N–H and O–H groups in total. The number of hydrogen-bond donors (Lipinski definition) is 2. The minimum Gasteiger partial charge on any atom is -0.469 e. The van der Waals surface area contributed by atoms with Crippen LogP contribution in [0.1, 0.15) is 39.9 Å². The van der Waals surface area contributed by atoms with Crippen LogP contribution in [0.3, 0.4) is 0 Å². The summed E-state index contributed by atoms with van der Waals surface area (Å²) in [6.07, 6.45) is 0.972. The zero-order valence-corrected chi connectivity index (χ0v) is 14.7. The van der Waals surface area contributed by atoms with Gasteiger partial charge in [-0.1, -0.05) is 0 Å². The molecule has 0 saturated carbocycles. The molecule has 1 fully saturated rings. The number of carbonyl (C=O) groups is 2. The molecule has 7 nitrogen and oxygen atoms in total. The predicted molar refractivity (Wildman–Crippen MR) is 87.4 cm³/mol. The van der Waals surface area contributed by atoms with E-state index in [0.717, 1.165) is 5.76 Å². The third kappa shape index (κ3) is 4.29. The molecule has 0 aromatic carbocycles. The van der Waals surface area contributed by atoms with Crippen molar-refractivity contribution in [2.75, 3.05) is 13.1 Å². The fourth-order valence-electron chi connectivity index (χ4n) is 2.80. The maximum Gasteiger partial charge on any atom is 0.411 e. The van der Waals surface area contributed by atoms with E-state index in [0.29, 0.717) is 13.0 Å². The van der Waals surface area contributed by atoms with Crippen LogP contribution in [0.5, 0.6) is 0 Å². The minimum atomic E-state index is -1.13. The average Bonchev–Trinajstić information content (AvgIpc) is 3.05. The summed E-state index contributed by atoms with van der Waals surface area (Å²) in [5.41, 5.74) is -1.80. The van der Waals surface area contributed by atoms with Gasteiger partial charge in [0.2, 0.25) is 5.91 Å². The Balaban J connectivity index is 2.00. The number of rotatable bonds is 4. The predicted octanol–water partition coefficient (Wildman–Crippen LogP) is 1.70. The van der Waals surface area contributed by atoms with Crippen molar-refractivity contribution in [3.63, 3.8) is 0 Å². The zero-order valence-electron chi connectivity index (χ0n) is 14.7. The van der Waals surface area contributed by atoms with Crippen LogP contribution >= 0.6 is 0 Å². The number of aliphatic hydroxyl groups is 1. The summed E-state index contributed by atoms with van der Waals surface area (Å²) in [4.78, 5) is 26.3. The molecule has 2 heterocycles. The highest BCUT2D eigenvalue weighted by Gasteiger charge is 2.50. The van der Waals surface area contributed by atoms with Gasteiger partial charge in [-0.25, -0.2) is 4.79 Å². The van der Waals surface area contributed by atoms with Gasteiger partial charge in [0.1, 0.15) is 16.9 Å². The van der Waals surface area contributed by atoms with Gasteiger partial charge >= 0.3 is 6.09 Å². The van der Waals surface area contributed by atoms with Crippen molar-refractivity contribution in [3.05, 3.63) is 24.2 Å². The second-order valence-electron chi connectivity index (χ2n) is 7.31. The lowest BCUT2D eigenvalue weighted by Gasteiger charge is -2.34. The second-order valence-corrected chi connectivity index (χ2v) is 7.31. The first kappa shape index (κ1) is 18.3. The first-order valence-corrected chi connectivity index (χ1v) is 8.11. The Morgan fingerprint density at radius 1 is 1.50 bits per heavy atom. The molecule has 1 aliphatic rings. The monoisotopic (exact) mass is 338 g/mol. The molecular weight excluding hydrogens is 312 g/mol. The molecule has 7 heteroatoms. The maximum absolute atomic E-state index is 12.6. The van der Waals surface area contributed by atoms with E-state index in [-0.39, 0.29) is 18.9 Å². The summed E-state index contributed by atoms with van der Waals surface area (Å²) in [7, 11) is 0. The van der Waals surface area contributed by atoms with Crippen LogP contribution in [0.2, 0.25) is 0 Å². The quantitative estimate of drug-likeness (QED) is 0.872. The summed E-state index contributed by atoms with van der Waals surface area (Å²) < 4.78 is 10.6. The van der Waals surface area contributed by atoms with Gasteiger partial charge in [0, 0.05) is 19.4 Å². The lowest BCUT2D eigenvalue weighted by Crippen LogP contribution is -2.56. The lowest BCUT2D eigenvalue weighted by molar-refractivity contribution is -0.130. The number of β-amino-alcohol motifs (C(OH)–C–C–N with tert-alkyl or cyclic N) is 1. The highest BCUT2D eigenvalue weighted by atomic mass is 16.6. The van der Waals surface area contributed by atoms with Gasteiger partial charge < -0.3 is 19.6 Å². The van der Waals surface area contributed by atoms with Gasteiger partial charge in [0.05, 0.1) is 18.9 Å². The number of hydrogen-bond acceptors (Lipinski definition) is 5. The molecule has 24 heavy (non-hydrogen) atoms. The first-order chi connectivity index (χ1) is 11.1. The number of nitrogens with one attached hydrogen (secondary N) is 1. The number of carbonyl (C=O) groups excluding carboxylic acids is 2. The van der Waals surface area contributed by atoms with Gasteiger partial charge in [-0.2, -0.15) is 0 Å². The molecule has 2 rings (SSSR count). The number of nitrogens with zero attached hydrogens (tertiary/aromatic N) is 1. The molecule has 2 unspecified atom stereocenters. The molecule has 1 aliphatic heterocycles. The molecule has 1 aromatic heterocycles. The third-order valence-electron chi connectivity index (χ3n) is 3.96. The Kier molecular flexibility index (Phi) is 5.22. The fourth-order valence-corrected chi connectivity index (χ4v) is 2.80. The Labute approximate surface area is 142 Å². The van der Waals surface area contributed by atoms with E-state index in [1.807, 2.05) is 6.07 Å². The normalized spacial score (nSPS) is 24.0. The summed E-state index contributed by atoms with van der Waals surface area (Å²) >= 11 is 0. The van der Waals surface area contributed by atoms with Gasteiger partial charge in [-0.05, 0) is 39.8 Å². The zero-order chi connectivity index (χ0) is 18.0. The first-order valence-electron chi connectivity index (χ1n) is 8.11. The lowest BCUT2D eigenvalue weighted by atomic mass is 9.97. The van der Waals surface area contributed by atoms with Gasteiger partial charge in [0.15, 0.2) is 0 Å². The Bertz CT molecular complexity index is 578. The van der Waals surface area contributed by atoms with E-state index < -0.39 is 23.3 Å². The van der Waals surface area contributed by atoms with Crippen molar-refractivity contribution >= 4 is 12.0 Å². The van der Waals surface area contributed by atoms with Crippen LogP contribution in [-0.4, -0.2) is 52.3 Å². The van der Waals surface area contributed by atoms with E-state index in [2.05, 4.69) is 5.32 Å². The highest BCUT2D eigenvalue weighted by molar-refractivity contribution is 5.90. The number of ether oxygens (including phenoxy) is 1. The largest absolute Gasteiger partial charge is 0.469 e. The van der Waals surface area contributed by atoms with Crippen LogP contribution in [0.25, 0.3) is 0 Å². The van der Waals surface area contributed by atoms with Crippen LogP contribution < -0.4 is 5.32 Å². The molecular formula is C17H26N2O5. The van der Waals surface area contributed by atoms with E-state index in [4.69, 9.17) is 9.15 Å². The SMILES string of the molecule is CC(C)(C)OC(=O)N1CC(O)CC1(C)C(=O)NCCc1ccco1. The van der Waals surface area contributed by atoms with Crippen molar-refractivity contribution in [2.24, 2.45) is 0 Å². The molecule has 0 spiro atoms. The Hall–Kier alpha value is -2.02. The topological polar surface area (TPSA) is 92.0 Å². The van der Waals surface area contributed by atoms with Crippen LogP contribution in [0, 0.1) is 0 Å². The standard InChI is InChI=1S/C17H26N2O5/c1-16(2,3)24-15(22)19-11-12(20)10-17(19,4)14(21)18-8-7-13-6-5-9-23-13/h5-6,9,12,20H,7-8,10-11H2,1-4H3,(H,18,21). The van der Waals surface area contributed by atoms with Gasteiger partial charge in [-0.3, -0.25) is 9.69 Å². The van der Waals surface area contributed by atoms with Crippen LogP contribution in [0.15, 0.2) is 22.8 Å². The summed E-state index contributed by atoms with van der Waals surface area (Å²) in [5.74, 6) is 0.465. The molecule has 0 radical (unpaired) electrons. The molecule has 1 saturated heterocycles. The number of furan rings is 1. The minimum absolute atomic E-state index is 0.0804. The van der Waals surface area contributed by atoms with Crippen molar-refractivity contribution in [3.8, 4) is 0 Å². The summed E-state index contributed by atoms with van der Waals surface area (Å²) in [6.45, 7) is 7.40. The smallest absolute Gasteiger partial charge is 0.411 e. The molecule has 1 aromatic rings. The number of amides is 2. The fraction of sp³-hybridized carbons (Fsp3) is 0.647. The molecule has 0 bridgehead atoms. The van der Waals surface area contributed by atoms with Crippen molar-refractivity contribution < 1.29 is 23.8 Å². The van der Waals surface area contributed by atoms with Crippen molar-refractivity contribution in [1.82, 2.24) is 10.2 Å². The van der Waals surface area contributed by atoms with E-state index in [1.54, 1.807) is 40.0 Å². The van der Waals surface area contributed by atoms with Gasteiger partial charge in [-0.15, -0.1) is 0 Å². The van der Waals surface area contributed by atoms with E-state index >= 15 is 0 Å². The Morgan fingerprint density at radius 3 is 2.79 bits per heavy atom. The number of aliphatic hydroxyl groups excluding tert-OH is 1. The molecule has 134 valence electrons. The maximum atomic E-state index is 12.6. The van der Waals surface area contributed by atoms with Crippen molar-refractivity contribution in [1.29, 1.82) is 0 Å². The average molecular weight is 338 g/mol. The van der Waals surface area contributed by atoms with Crippen LogP contribution in [0.4, 0.5) is 4.79 Å². The highest BCUT2D eigenvalue weighted by Crippen LogP contribution is 2.31. The second kappa shape index (κ2) is 6.84. The van der Waals surface area contributed by atoms with Gasteiger partial charge in [0.25, 0.3) is 0 Å². The van der Waals surface area contributed by atoms with E-state index in [9.17, 15) is 14.7 Å². The van der Waals surface area contributed by atoms with Crippen LogP contribution in [-0.2, 0) is 16.0 Å². The summed E-state index contributed by atoms with van der Waals surface area (Å²) in [5, 5.41) is 12.8. The van der Waals surface area contributed by atoms with E-state index in [1.165, 1.54) is 4.90 Å². The molecule has 2 atom stereocenters. The summed E-state index contributed by atoms with van der Waals surface area (Å²) in [6, 6.07) is 3.62.